The third kappa shape index (κ3) is 10.8. The van der Waals surface area contributed by atoms with Crippen molar-refractivity contribution in [3.8, 4) is 22.3 Å². The van der Waals surface area contributed by atoms with Crippen LogP contribution in [0.4, 0.5) is 13.6 Å². The Kier molecular flexibility index (Phi) is 16.0. The van der Waals surface area contributed by atoms with E-state index in [9.17, 15) is 28.3 Å². The maximum atomic E-state index is 13.4. The van der Waals surface area contributed by atoms with Crippen LogP contribution in [-0.2, 0) is 28.8 Å². The lowest BCUT2D eigenvalue weighted by molar-refractivity contribution is -0.152. The molecule has 8 rings (SSSR count). The van der Waals surface area contributed by atoms with E-state index in [0.717, 1.165) is 33.4 Å². The molecule has 0 bridgehead atoms. The summed E-state index contributed by atoms with van der Waals surface area (Å²) >= 11 is 0. The molecule has 0 saturated carbocycles. The fourth-order valence-corrected chi connectivity index (χ4v) is 8.59. The summed E-state index contributed by atoms with van der Waals surface area (Å²) in [5.74, 6) is -0.703. The summed E-state index contributed by atoms with van der Waals surface area (Å²) in [7, 11) is 3.24. The number of nitrogens with one attached hydrogen (secondary N) is 3. The molecule has 4 aliphatic heterocycles. The topological polar surface area (TPSA) is 171 Å². The lowest BCUT2D eigenvalue weighted by Gasteiger charge is -2.38. The Morgan fingerprint density at radius 1 is 0.712 bits per heavy atom. The SMILES string of the molecule is CCN=C=O.CCNC(=O)OC1=C(c2cc(-c3ccc(F)cc3)ccc2C)C(=O)NC12CCN(OC)CC2.CON1CCC2(CC1)NC(=O)C(c1cc(-c3ccc(F)cc3)ccc1C)=C2O. The van der Waals surface area contributed by atoms with Gasteiger partial charge >= 0.3 is 6.09 Å². The summed E-state index contributed by atoms with van der Waals surface area (Å²) in [6.07, 6.45) is 3.05. The molecule has 0 aromatic heterocycles. The zero-order valence-electron chi connectivity index (χ0n) is 38.1. The molecule has 0 atom stereocenters. The molecular weight excluding hydrogens is 851 g/mol. The molecule has 3 amide bonds. The molecule has 0 unspecified atom stereocenters. The minimum Gasteiger partial charge on any atom is -0.509 e. The van der Waals surface area contributed by atoms with Crippen molar-refractivity contribution in [2.75, 3.05) is 53.5 Å². The van der Waals surface area contributed by atoms with Crippen LogP contribution in [0.5, 0.6) is 0 Å². The average Bonchev–Trinajstić information content (AvgIpc) is 3.71. The van der Waals surface area contributed by atoms with Crippen molar-refractivity contribution in [2.45, 2.75) is 64.5 Å². The van der Waals surface area contributed by atoms with Gasteiger partial charge in [0.1, 0.15) is 34.2 Å². The number of aryl methyl sites for hydroxylation is 2. The molecule has 2 fully saturated rings. The van der Waals surface area contributed by atoms with E-state index in [2.05, 4.69) is 20.9 Å². The Morgan fingerprint density at radius 2 is 1.14 bits per heavy atom. The molecule has 2 spiro atoms. The van der Waals surface area contributed by atoms with Crippen LogP contribution in [0.25, 0.3) is 33.4 Å². The van der Waals surface area contributed by atoms with Gasteiger partial charge in [-0.2, -0.15) is 10.1 Å². The lowest BCUT2D eigenvalue weighted by Crippen LogP contribution is -2.53. The molecule has 14 nitrogen and oxygen atoms in total. The molecule has 0 radical (unpaired) electrons. The minimum absolute atomic E-state index is 0.104. The van der Waals surface area contributed by atoms with E-state index in [1.165, 1.54) is 30.3 Å². The number of halogens is 2. The van der Waals surface area contributed by atoms with Crippen LogP contribution in [0.15, 0.2) is 101 Å². The zero-order valence-corrected chi connectivity index (χ0v) is 38.1. The van der Waals surface area contributed by atoms with E-state index in [1.54, 1.807) is 52.3 Å². The van der Waals surface area contributed by atoms with Crippen LogP contribution in [0, 0.1) is 25.5 Å². The van der Waals surface area contributed by atoms with Crippen molar-refractivity contribution in [1.29, 1.82) is 0 Å². The molecule has 4 N–H and O–H groups in total. The van der Waals surface area contributed by atoms with Crippen LogP contribution in [0.2, 0.25) is 0 Å². The van der Waals surface area contributed by atoms with Gasteiger partial charge in [0, 0.05) is 39.3 Å². The molecular formula is C50H56F2N6O8. The van der Waals surface area contributed by atoms with Crippen LogP contribution in [0.1, 0.15) is 61.8 Å². The molecule has 348 valence electrons. The monoisotopic (exact) mass is 906 g/mol. The van der Waals surface area contributed by atoms with Crippen molar-refractivity contribution in [3.63, 3.8) is 0 Å². The highest BCUT2D eigenvalue weighted by Gasteiger charge is 2.50. The number of piperidine rings is 2. The predicted octanol–water partition coefficient (Wildman–Crippen LogP) is 7.72. The van der Waals surface area contributed by atoms with Gasteiger partial charge in [-0.1, -0.05) is 48.5 Å². The molecule has 2 saturated heterocycles. The van der Waals surface area contributed by atoms with Crippen LogP contribution >= 0.6 is 0 Å². The molecule has 4 aromatic carbocycles. The number of amides is 3. The summed E-state index contributed by atoms with van der Waals surface area (Å²) in [4.78, 5) is 61.5. The fourth-order valence-electron chi connectivity index (χ4n) is 8.59. The van der Waals surface area contributed by atoms with Crippen molar-refractivity contribution in [2.24, 2.45) is 4.99 Å². The van der Waals surface area contributed by atoms with Gasteiger partial charge in [-0.05, 0) is 134 Å². The summed E-state index contributed by atoms with van der Waals surface area (Å²) in [6, 6.07) is 23.9. The van der Waals surface area contributed by atoms with Crippen molar-refractivity contribution < 1.29 is 47.5 Å². The number of ether oxygens (including phenoxy) is 1. The Labute approximate surface area is 383 Å². The van der Waals surface area contributed by atoms with Crippen LogP contribution in [0.3, 0.4) is 0 Å². The van der Waals surface area contributed by atoms with E-state index >= 15 is 0 Å². The highest BCUT2D eigenvalue weighted by Crippen LogP contribution is 2.43. The Balaban J connectivity index is 0.000000200. The first-order valence-corrected chi connectivity index (χ1v) is 21.9. The molecule has 16 heteroatoms. The number of nitrogens with zero attached hydrogens (tertiary/aromatic N) is 3. The number of isocyanates is 1. The van der Waals surface area contributed by atoms with Crippen LogP contribution in [-0.4, -0.2) is 104 Å². The fraction of sp³-hybridized carbons (Fsp3) is 0.360. The normalized spacial score (nSPS) is 17.6. The van der Waals surface area contributed by atoms with E-state index in [1.807, 2.05) is 60.4 Å². The second-order valence-corrected chi connectivity index (χ2v) is 16.3. The average molecular weight is 907 g/mol. The van der Waals surface area contributed by atoms with Gasteiger partial charge in [0.15, 0.2) is 0 Å². The predicted molar refractivity (Wildman–Crippen MR) is 246 cm³/mol. The number of hydrogen-bond acceptors (Lipinski definition) is 11. The highest BCUT2D eigenvalue weighted by molar-refractivity contribution is 6.24. The minimum atomic E-state index is -0.787. The standard InChI is InChI=1S/C25H28FN3O4.C22H23FN2O3.C3H5NO/c1-4-27-24(31)33-22-21(23(30)28-25(22)11-13-29(32-3)14-12-25)20-15-18(6-5-16(20)2)17-7-9-19(26)10-8-17;1-14-3-4-16(15-5-7-17(23)8-6-15)13-18(14)19-20(26)22(24-21(19)27)9-11-25(28-2)12-10-22;1-2-4-3-5/h5-10,15H,4,11-14H2,1-3H3,(H,27,31)(H,28,30);3-8,13,26H,9-12H2,1-2H3,(H,24,27);2H2,1H3. The summed E-state index contributed by atoms with van der Waals surface area (Å²) in [5.41, 5.74) is 5.68. The quantitative estimate of drug-likeness (QED) is 0.0963. The maximum Gasteiger partial charge on any atom is 0.412 e. The Bertz CT molecular complexity index is 2520. The number of hydroxylamine groups is 4. The number of alkyl carbamates (subject to hydrolysis) is 1. The summed E-state index contributed by atoms with van der Waals surface area (Å²) < 4.78 is 32.5. The van der Waals surface area contributed by atoms with Gasteiger partial charge in [0.05, 0.1) is 25.4 Å². The summed E-state index contributed by atoms with van der Waals surface area (Å²) in [6.45, 7) is 10.8. The smallest absolute Gasteiger partial charge is 0.412 e. The van der Waals surface area contributed by atoms with Crippen LogP contribution < -0.4 is 16.0 Å². The summed E-state index contributed by atoms with van der Waals surface area (Å²) in [5, 5.41) is 23.5. The second kappa shape index (κ2) is 21.6. The van der Waals surface area contributed by atoms with Crippen molar-refractivity contribution in [3.05, 3.63) is 130 Å². The van der Waals surface area contributed by atoms with Crippen molar-refractivity contribution in [1.82, 2.24) is 26.1 Å². The third-order valence-corrected chi connectivity index (χ3v) is 12.3. The van der Waals surface area contributed by atoms with Gasteiger partial charge in [0.25, 0.3) is 11.8 Å². The van der Waals surface area contributed by atoms with E-state index < -0.39 is 17.2 Å². The van der Waals surface area contributed by atoms with Gasteiger partial charge in [-0.15, -0.1) is 0 Å². The van der Waals surface area contributed by atoms with Gasteiger partial charge < -0.3 is 35.5 Å². The second-order valence-electron chi connectivity index (χ2n) is 16.3. The lowest BCUT2D eigenvalue weighted by atomic mass is 9.85. The van der Waals surface area contributed by atoms with Gasteiger partial charge in [-0.25, -0.2) is 23.4 Å². The largest absolute Gasteiger partial charge is 0.509 e. The maximum absolute atomic E-state index is 13.4. The number of aliphatic imine (C=N–C) groups is 1. The first-order valence-electron chi connectivity index (χ1n) is 21.9. The Hall–Kier alpha value is -6.55. The first kappa shape index (κ1) is 48.9. The van der Waals surface area contributed by atoms with E-state index in [4.69, 9.17) is 19.2 Å². The molecule has 0 aliphatic carbocycles. The highest BCUT2D eigenvalue weighted by atomic mass is 19.1. The van der Waals surface area contributed by atoms with E-state index in [-0.39, 0.29) is 29.2 Å². The molecule has 4 heterocycles. The number of hydrogen-bond donors (Lipinski definition) is 4. The van der Waals surface area contributed by atoms with Gasteiger partial charge in [-0.3, -0.25) is 9.59 Å². The third-order valence-electron chi connectivity index (χ3n) is 12.3. The number of aliphatic hydroxyl groups excluding tert-OH is 1. The zero-order chi connectivity index (χ0) is 47.6. The van der Waals surface area contributed by atoms with Crippen molar-refractivity contribution >= 4 is 35.1 Å². The molecule has 66 heavy (non-hydrogen) atoms. The Morgan fingerprint density at radius 3 is 1.56 bits per heavy atom. The van der Waals surface area contributed by atoms with Gasteiger partial charge in [0.2, 0.25) is 6.08 Å². The first-order chi connectivity index (χ1) is 31.7. The number of rotatable bonds is 9. The van der Waals surface area contributed by atoms with E-state index in [0.29, 0.717) is 93.0 Å². The molecule has 4 aromatic rings. The number of carbonyl (C=O) groups is 3. The number of aliphatic hydroxyl groups is 1. The number of benzene rings is 4. The number of carbonyl (C=O) groups excluding carboxylic acids is 4. The molecule has 4 aliphatic rings.